The molecule has 0 aromatic heterocycles. The van der Waals surface area contributed by atoms with E-state index in [-0.39, 0.29) is 23.8 Å². The topological polar surface area (TPSA) is 75.7 Å². The minimum atomic E-state index is -0.391. The zero-order valence-corrected chi connectivity index (χ0v) is 15.0. The van der Waals surface area contributed by atoms with Crippen molar-refractivity contribution in [1.82, 2.24) is 4.90 Å². The third-order valence-electron chi connectivity index (χ3n) is 3.43. The van der Waals surface area contributed by atoms with E-state index in [4.69, 9.17) is 4.74 Å². The number of benzene rings is 1. The van der Waals surface area contributed by atoms with Crippen molar-refractivity contribution in [1.29, 1.82) is 0 Å². The van der Waals surface area contributed by atoms with Gasteiger partial charge in [0.05, 0.1) is 12.2 Å². The first-order chi connectivity index (χ1) is 11.1. The van der Waals surface area contributed by atoms with Crippen LogP contribution in [0.3, 0.4) is 0 Å². The van der Waals surface area contributed by atoms with Crippen molar-refractivity contribution in [2.75, 3.05) is 18.5 Å². The Morgan fingerprint density at radius 1 is 1.12 bits per heavy atom. The van der Waals surface area contributed by atoms with Crippen molar-refractivity contribution < 1.29 is 19.1 Å². The Morgan fingerprint density at radius 3 is 2.17 bits per heavy atom. The lowest BCUT2D eigenvalue weighted by Crippen LogP contribution is -2.45. The summed E-state index contributed by atoms with van der Waals surface area (Å²) in [6.45, 7) is 9.70. The van der Waals surface area contributed by atoms with Gasteiger partial charge in [-0.05, 0) is 52.0 Å². The Labute approximate surface area is 143 Å². The molecule has 0 unspecified atom stereocenters. The standard InChI is InChI=1S/C18H26N2O4/c1-6-24-17(23)14-7-9-15(10-8-14)19-16(22)11-12-20(13(2)21)18(3,4)5/h7-10H,6,11-12H2,1-5H3,(H,19,22). The minimum absolute atomic E-state index is 0.0610. The second-order valence-corrected chi connectivity index (χ2v) is 6.44. The van der Waals surface area contributed by atoms with Gasteiger partial charge in [0.2, 0.25) is 11.8 Å². The molecular formula is C18H26N2O4. The van der Waals surface area contributed by atoms with E-state index in [1.807, 2.05) is 20.8 Å². The summed E-state index contributed by atoms with van der Waals surface area (Å²) in [4.78, 5) is 36.9. The highest BCUT2D eigenvalue weighted by molar-refractivity contribution is 5.93. The first kappa shape index (κ1) is 19.7. The lowest BCUT2D eigenvalue weighted by molar-refractivity contribution is -0.134. The molecule has 0 aliphatic heterocycles. The molecule has 0 spiro atoms. The molecule has 1 rings (SSSR count). The number of anilines is 1. The minimum Gasteiger partial charge on any atom is -0.462 e. The van der Waals surface area contributed by atoms with E-state index in [2.05, 4.69) is 5.32 Å². The van der Waals surface area contributed by atoms with E-state index in [1.165, 1.54) is 6.92 Å². The molecule has 24 heavy (non-hydrogen) atoms. The summed E-state index contributed by atoms with van der Waals surface area (Å²) < 4.78 is 4.90. The number of amides is 2. The molecule has 0 heterocycles. The highest BCUT2D eigenvalue weighted by atomic mass is 16.5. The van der Waals surface area contributed by atoms with Crippen LogP contribution in [0.1, 0.15) is 51.4 Å². The van der Waals surface area contributed by atoms with Crippen molar-refractivity contribution >= 4 is 23.5 Å². The predicted octanol–water partition coefficient (Wildman–Crippen LogP) is 2.84. The molecule has 0 fully saturated rings. The molecule has 0 aliphatic rings. The lowest BCUT2D eigenvalue weighted by Gasteiger charge is -2.34. The monoisotopic (exact) mass is 334 g/mol. The summed E-state index contributed by atoms with van der Waals surface area (Å²) in [5, 5.41) is 2.76. The van der Waals surface area contributed by atoms with Crippen LogP contribution in [0.15, 0.2) is 24.3 Å². The van der Waals surface area contributed by atoms with Gasteiger partial charge in [-0.15, -0.1) is 0 Å². The summed E-state index contributed by atoms with van der Waals surface area (Å²) in [5.74, 6) is -0.638. The molecule has 0 bridgehead atoms. The molecule has 1 aromatic carbocycles. The van der Waals surface area contributed by atoms with Gasteiger partial charge in [-0.3, -0.25) is 9.59 Å². The first-order valence-corrected chi connectivity index (χ1v) is 8.00. The van der Waals surface area contributed by atoms with Crippen molar-refractivity contribution in [3.05, 3.63) is 29.8 Å². The number of nitrogens with zero attached hydrogens (tertiary/aromatic N) is 1. The SMILES string of the molecule is CCOC(=O)c1ccc(NC(=O)CCN(C(C)=O)C(C)(C)C)cc1. The normalized spacial score (nSPS) is 10.9. The quantitative estimate of drug-likeness (QED) is 0.812. The molecule has 6 heteroatoms. The fourth-order valence-electron chi connectivity index (χ4n) is 2.31. The average molecular weight is 334 g/mol. The van der Waals surface area contributed by atoms with E-state index in [0.717, 1.165) is 0 Å². The Balaban J connectivity index is 2.59. The Hall–Kier alpha value is -2.37. The van der Waals surface area contributed by atoms with Crippen molar-refractivity contribution in [3.63, 3.8) is 0 Å². The number of hydrogen-bond donors (Lipinski definition) is 1. The number of carbonyl (C=O) groups is 3. The molecule has 132 valence electrons. The molecule has 0 saturated carbocycles. The van der Waals surface area contributed by atoms with Gasteiger partial charge in [-0.2, -0.15) is 0 Å². The van der Waals surface area contributed by atoms with Crippen molar-refractivity contribution in [3.8, 4) is 0 Å². The summed E-state index contributed by atoms with van der Waals surface area (Å²) in [5.41, 5.74) is 0.705. The van der Waals surface area contributed by atoms with Crippen LogP contribution in [0.2, 0.25) is 0 Å². The van der Waals surface area contributed by atoms with Gasteiger partial charge in [0.15, 0.2) is 0 Å². The number of ether oxygens (including phenoxy) is 1. The Kier molecular flexibility index (Phi) is 6.95. The second-order valence-electron chi connectivity index (χ2n) is 6.44. The average Bonchev–Trinajstić information content (AvgIpc) is 2.46. The van der Waals surface area contributed by atoms with Crippen LogP contribution in [-0.2, 0) is 14.3 Å². The van der Waals surface area contributed by atoms with Crippen LogP contribution in [-0.4, -0.2) is 41.4 Å². The van der Waals surface area contributed by atoms with Crippen LogP contribution >= 0.6 is 0 Å². The Morgan fingerprint density at radius 2 is 1.71 bits per heavy atom. The molecule has 2 amide bonds. The highest BCUT2D eigenvalue weighted by Gasteiger charge is 2.24. The van der Waals surface area contributed by atoms with Gasteiger partial charge in [-0.1, -0.05) is 0 Å². The first-order valence-electron chi connectivity index (χ1n) is 8.00. The largest absolute Gasteiger partial charge is 0.462 e. The van der Waals surface area contributed by atoms with Crippen LogP contribution < -0.4 is 5.32 Å². The molecule has 6 nitrogen and oxygen atoms in total. The molecular weight excluding hydrogens is 308 g/mol. The van der Waals surface area contributed by atoms with Gasteiger partial charge in [0.1, 0.15) is 0 Å². The number of rotatable bonds is 6. The maximum Gasteiger partial charge on any atom is 0.338 e. The Bertz CT molecular complexity index is 588. The van der Waals surface area contributed by atoms with Gasteiger partial charge >= 0.3 is 5.97 Å². The van der Waals surface area contributed by atoms with E-state index < -0.39 is 5.97 Å². The summed E-state index contributed by atoms with van der Waals surface area (Å²) in [7, 11) is 0. The third kappa shape index (κ3) is 6.02. The van der Waals surface area contributed by atoms with Crippen molar-refractivity contribution in [2.24, 2.45) is 0 Å². The number of nitrogens with one attached hydrogen (secondary N) is 1. The van der Waals surface area contributed by atoms with Gasteiger partial charge in [0, 0.05) is 31.1 Å². The number of esters is 1. The maximum atomic E-state index is 12.0. The van der Waals surface area contributed by atoms with E-state index in [1.54, 1.807) is 36.1 Å². The van der Waals surface area contributed by atoms with Crippen LogP contribution in [0, 0.1) is 0 Å². The molecule has 0 saturated heterocycles. The molecule has 1 N–H and O–H groups in total. The molecule has 1 aromatic rings. The van der Waals surface area contributed by atoms with E-state index >= 15 is 0 Å². The van der Waals surface area contributed by atoms with Crippen LogP contribution in [0.5, 0.6) is 0 Å². The fraction of sp³-hybridized carbons (Fsp3) is 0.500. The fourth-order valence-corrected chi connectivity index (χ4v) is 2.31. The van der Waals surface area contributed by atoms with E-state index in [0.29, 0.717) is 24.4 Å². The third-order valence-corrected chi connectivity index (χ3v) is 3.43. The smallest absolute Gasteiger partial charge is 0.338 e. The zero-order valence-electron chi connectivity index (χ0n) is 15.0. The zero-order chi connectivity index (χ0) is 18.3. The van der Waals surface area contributed by atoms with Gasteiger partial charge in [-0.25, -0.2) is 4.79 Å². The van der Waals surface area contributed by atoms with Crippen molar-refractivity contribution in [2.45, 2.75) is 46.6 Å². The lowest BCUT2D eigenvalue weighted by atomic mass is 10.1. The van der Waals surface area contributed by atoms with Gasteiger partial charge in [0.25, 0.3) is 0 Å². The summed E-state index contributed by atoms with van der Waals surface area (Å²) in [6, 6.07) is 6.50. The number of hydrogen-bond acceptors (Lipinski definition) is 4. The van der Waals surface area contributed by atoms with Gasteiger partial charge < -0.3 is 15.0 Å². The number of carbonyl (C=O) groups excluding carboxylic acids is 3. The second kappa shape index (κ2) is 8.47. The van der Waals surface area contributed by atoms with E-state index in [9.17, 15) is 14.4 Å². The highest BCUT2D eigenvalue weighted by Crippen LogP contribution is 2.15. The maximum absolute atomic E-state index is 12.0. The molecule has 0 aliphatic carbocycles. The van der Waals surface area contributed by atoms with Crippen LogP contribution in [0.25, 0.3) is 0 Å². The van der Waals surface area contributed by atoms with Crippen LogP contribution in [0.4, 0.5) is 5.69 Å². The summed E-state index contributed by atoms with van der Waals surface area (Å²) in [6.07, 6.45) is 0.205. The predicted molar refractivity (Wildman–Crippen MR) is 92.8 cm³/mol. The molecule has 0 atom stereocenters. The summed E-state index contributed by atoms with van der Waals surface area (Å²) >= 11 is 0. The molecule has 0 radical (unpaired) electrons.